The highest BCUT2D eigenvalue weighted by Gasteiger charge is 2.27. The summed E-state index contributed by atoms with van der Waals surface area (Å²) in [6.07, 6.45) is 2.54. The lowest BCUT2D eigenvalue weighted by Crippen LogP contribution is -2.46. The number of nitrogens with one attached hydrogen (secondary N) is 2. The number of anilines is 4. The van der Waals surface area contributed by atoms with Crippen LogP contribution < -0.4 is 19.8 Å². The lowest BCUT2D eigenvalue weighted by molar-refractivity contribution is -0.191. The van der Waals surface area contributed by atoms with Gasteiger partial charge >= 0.3 is 6.15 Å². The second-order valence-corrected chi connectivity index (χ2v) is 19.7. The highest BCUT2D eigenvalue weighted by atomic mass is 32.2. The number of aliphatic hydroxyl groups is 1. The van der Waals surface area contributed by atoms with Gasteiger partial charge in [-0.2, -0.15) is 9.59 Å². The molecule has 6 aromatic rings. The number of benzene rings is 5. The van der Waals surface area contributed by atoms with Crippen molar-refractivity contribution in [2.75, 3.05) is 71.4 Å². The van der Waals surface area contributed by atoms with Crippen LogP contribution in [0, 0.1) is 31.3 Å². The summed E-state index contributed by atoms with van der Waals surface area (Å²) in [5.41, 5.74) is 5.71. The minimum atomic E-state index is -3.89. The molecule has 16 heteroatoms. The third kappa shape index (κ3) is 12.1. The van der Waals surface area contributed by atoms with Gasteiger partial charge in [0.25, 0.3) is 10.0 Å². The van der Waals surface area contributed by atoms with Crippen molar-refractivity contribution in [2.24, 2.45) is 7.05 Å². The predicted octanol–water partition coefficient (Wildman–Crippen LogP) is 9.36. The topological polar surface area (TPSA) is 127 Å². The van der Waals surface area contributed by atoms with Crippen LogP contribution in [0.25, 0.3) is 22.4 Å². The standard InChI is InChI=1S/C50H55F3N6O3S2.CO2/c1-34-31-43(17-19-46(34)54-39(33-63-42-7-5-4-6-8-42)21-24-57-25-22-41(60)23-26-57)64(61,62)55-38-13-15-40(16-14-38)58-27-29-59(30-28-58)47-20-18-45(52)48(49(47)53)44-32-35(2)56(3)50(44)36-9-11-37(51)12-10-36;2-1-3/h4-20,31-32,39,41,54-55,60H,21-30,33H2,1-3H3;/t39-;/m1./s1. The zero-order chi connectivity index (χ0) is 47.7. The normalized spacial score (nSPS) is 15.1. The number of aryl methyl sites for hydroxylation is 2. The molecule has 67 heavy (non-hydrogen) atoms. The van der Waals surface area contributed by atoms with E-state index in [1.807, 2.05) is 66.8 Å². The van der Waals surface area contributed by atoms with Gasteiger partial charge in [0.2, 0.25) is 0 Å². The SMILES string of the molecule is Cc1cc(S(=O)(=O)Nc2ccc(N3CCN(c4ccc(F)c(-c5cc(C)n(C)c5-c5ccc(F)cc5)c4F)CC3)cc2)ccc1N[C@H](CCN1CCC(O)CC1)CSc1ccccc1.O=C=O. The van der Waals surface area contributed by atoms with Crippen LogP contribution in [0.15, 0.2) is 125 Å². The summed E-state index contributed by atoms with van der Waals surface area (Å²) in [4.78, 5) is 24.1. The number of piperazine rings is 1. The van der Waals surface area contributed by atoms with Crippen LogP contribution in [-0.4, -0.2) is 92.9 Å². The van der Waals surface area contributed by atoms with Crippen molar-refractivity contribution < 1.29 is 36.3 Å². The fourth-order valence-corrected chi connectivity index (χ4v) is 10.8. The van der Waals surface area contributed by atoms with Crippen molar-refractivity contribution >= 4 is 50.7 Å². The molecule has 2 saturated heterocycles. The van der Waals surface area contributed by atoms with Crippen molar-refractivity contribution in [3.8, 4) is 22.4 Å². The maximum Gasteiger partial charge on any atom is 0.373 e. The molecule has 352 valence electrons. The molecule has 3 N–H and O–H groups in total. The molecule has 1 atom stereocenters. The second kappa shape index (κ2) is 22.2. The molecule has 0 unspecified atom stereocenters. The molecular formula is C51H55F3N6O5S2. The van der Waals surface area contributed by atoms with Crippen molar-refractivity contribution in [1.29, 1.82) is 0 Å². The van der Waals surface area contributed by atoms with Gasteiger partial charge in [-0.15, -0.1) is 11.8 Å². The molecule has 8 rings (SSSR count). The number of likely N-dealkylation sites (tertiary alicyclic amines) is 1. The van der Waals surface area contributed by atoms with E-state index < -0.39 is 27.5 Å². The number of piperidine rings is 1. The first-order chi connectivity index (χ1) is 32.2. The maximum atomic E-state index is 16.5. The van der Waals surface area contributed by atoms with Crippen LogP contribution in [0.5, 0.6) is 0 Å². The Bertz CT molecular complexity index is 2760. The Hall–Kier alpha value is -6.03. The van der Waals surface area contributed by atoms with E-state index in [-0.39, 0.29) is 28.8 Å². The van der Waals surface area contributed by atoms with E-state index in [2.05, 4.69) is 32.0 Å². The van der Waals surface area contributed by atoms with E-state index in [4.69, 9.17) is 9.59 Å². The van der Waals surface area contributed by atoms with Gasteiger partial charge in [0.05, 0.1) is 27.9 Å². The van der Waals surface area contributed by atoms with Crippen LogP contribution in [-0.2, 0) is 26.7 Å². The van der Waals surface area contributed by atoms with Crippen LogP contribution in [0.2, 0.25) is 0 Å². The molecule has 0 spiro atoms. The quantitative estimate of drug-likeness (QED) is 0.0858. The molecule has 0 aliphatic carbocycles. The highest BCUT2D eigenvalue weighted by molar-refractivity contribution is 7.99. The van der Waals surface area contributed by atoms with Gasteiger partial charge in [0, 0.05) is 97.9 Å². The Morgan fingerprint density at radius 2 is 1.46 bits per heavy atom. The zero-order valence-corrected chi connectivity index (χ0v) is 39.4. The molecule has 1 aromatic heterocycles. The van der Waals surface area contributed by atoms with Crippen LogP contribution in [0.1, 0.15) is 30.5 Å². The Morgan fingerprint density at radius 3 is 2.12 bits per heavy atom. The fourth-order valence-electron chi connectivity index (χ4n) is 8.65. The Kier molecular flexibility index (Phi) is 16.2. The molecular weight excluding hydrogens is 898 g/mol. The third-order valence-corrected chi connectivity index (χ3v) is 15.0. The fraction of sp³-hybridized carbons (Fsp3) is 0.314. The average Bonchev–Trinajstić information content (AvgIpc) is 3.61. The van der Waals surface area contributed by atoms with Gasteiger partial charge in [0.15, 0.2) is 5.82 Å². The smallest absolute Gasteiger partial charge is 0.373 e. The van der Waals surface area contributed by atoms with Gasteiger partial charge in [-0.3, -0.25) is 4.72 Å². The number of halogens is 3. The minimum Gasteiger partial charge on any atom is -0.393 e. The summed E-state index contributed by atoms with van der Waals surface area (Å²) in [5, 5.41) is 13.7. The number of aliphatic hydroxyl groups excluding tert-OH is 1. The molecule has 0 radical (unpaired) electrons. The largest absolute Gasteiger partial charge is 0.393 e. The number of rotatable bonds is 15. The number of carbonyl (C=O) groups excluding carboxylic acids is 2. The third-order valence-electron chi connectivity index (χ3n) is 12.4. The Balaban J connectivity index is 0.00000216. The first-order valence-electron chi connectivity index (χ1n) is 22.2. The van der Waals surface area contributed by atoms with Crippen molar-refractivity contribution in [3.05, 3.63) is 144 Å². The molecule has 3 heterocycles. The number of nitrogens with zero attached hydrogens (tertiary/aromatic N) is 4. The first-order valence-corrected chi connectivity index (χ1v) is 24.7. The zero-order valence-electron chi connectivity index (χ0n) is 37.7. The van der Waals surface area contributed by atoms with Crippen molar-refractivity contribution in [2.45, 2.75) is 55.0 Å². The number of thioether (sulfide) groups is 1. The highest BCUT2D eigenvalue weighted by Crippen LogP contribution is 2.40. The summed E-state index contributed by atoms with van der Waals surface area (Å²) >= 11 is 1.79. The van der Waals surface area contributed by atoms with E-state index in [1.54, 1.807) is 54.2 Å². The predicted molar refractivity (Wildman–Crippen MR) is 260 cm³/mol. The summed E-state index contributed by atoms with van der Waals surface area (Å²) in [6, 6.07) is 33.3. The van der Waals surface area contributed by atoms with Gasteiger partial charge in [-0.1, -0.05) is 18.2 Å². The summed E-state index contributed by atoms with van der Waals surface area (Å²) in [7, 11) is -2.07. The van der Waals surface area contributed by atoms with E-state index in [1.165, 1.54) is 29.2 Å². The second-order valence-electron chi connectivity index (χ2n) is 16.9. The minimum absolute atomic E-state index is 0.118. The molecule has 2 aliphatic heterocycles. The van der Waals surface area contributed by atoms with E-state index in [9.17, 15) is 17.9 Å². The van der Waals surface area contributed by atoms with E-state index in [0.29, 0.717) is 54.4 Å². The van der Waals surface area contributed by atoms with E-state index in [0.717, 1.165) is 67.3 Å². The Morgan fingerprint density at radius 1 is 0.806 bits per heavy atom. The van der Waals surface area contributed by atoms with Gasteiger partial charge in [-0.25, -0.2) is 21.6 Å². The molecule has 11 nitrogen and oxygen atoms in total. The average molecular weight is 953 g/mol. The van der Waals surface area contributed by atoms with Gasteiger partial charge < -0.3 is 29.7 Å². The molecule has 2 aliphatic rings. The van der Waals surface area contributed by atoms with Gasteiger partial charge in [-0.05, 0) is 141 Å². The molecule has 0 saturated carbocycles. The first kappa shape index (κ1) is 48.9. The van der Waals surface area contributed by atoms with Crippen LogP contribution >= 0.6 is 11.8 Å². The molecule has 0 bridgehead atoms. The number of sulfonamides is 1. The van der Waals surface area contributed by atoms with Crippen LogP contribution in [0.4, 0.5) is 35.9 Å². The van der Waals surface area contributed by atoms with Crippen molar-refractivity contribution in [3.63, 3.8) is 0 Å². The lowest BCUT2D eigenvalue weighted by Gasteiger charge is -2.37. The summed E-state index contributed by atoms with van der Waals surface area (Å²) < 4.78 is 77.7. The Labute approximate surface area is 394 Å². The summed E-state index contributed by atoms with van der Waals surface area (Å²) in [6.45, 7) is 8.57. The number of aromatic nitrogens is 1. The van der Waals surface area contributed by atoms with Gasteiger partial charge in [0.1, 0.15) is 11.6 Å². The molecule has 0 amide bonds. The molecule has 2 fully saturated rings. The van der Waals surface area contributed by atoms with Crippen molar-refractivity contribution in [1.82, 2.24) is 9.47 Å². The van der Waals surface area contributed by atoms with E-state index >= 15 is 8.78 Å². The molecule has 5 aromatic carbocycles. The maximum absolute atomic E-state index is 16.5. The monoisotopic (exact) mass is 952 g/mol. The number of hydrogen-bond donors (Lipinski definition) is 3. The lowest BCUT2D eigenvalue weighted by atomic mass is 9.99. The summed E-state index contributed by atoms with van der Waals surface area (Å²) in [5.74, 6) is -0.864. The van der Waals surface area contributed by atoms with Crippen LogP contribution in [0.3, 0.4) is 0 Å². The number of hydrogen-bond acceptors (Lipinski definition) is 10.